The summed E-state index contributed by atoms with van der Waals surface area (Å²) in [5, 5.41) is 5.88. The minimum absolute atomic E-state index is 0.0677. The third-order valence-corrected chi connectivity index (χ3v) is 3.83. The van der Waals surface area contributed by atoms with Crippen LogP contribution in [0.1, 0.15) is 24.2 Å². The van der Waals surface area contributed by atoms with E-state index in [-0.39, 0.29) is 18.4 Å². The van der Waals surface area contributed by atoms with Crippen LogP contribution in [0.4, 0.5) is 11.4 Å². The van der Waals surface area contributed by atoms with Gasteiger partial charge in [-0.15, -0.1) is 0 Å². The van der Waals surface area contributed by atoms with Crippen molar-refractivity contribution in [2.24, 2.45) is 0 Å². The van der Waals surface area contributed by atoms with Crippen LogP contribution in [0.3, 0.4) is 0 Å². The van der Waals surface area contributed by atoms with E-state index >= 15 is 0 Å². The lowest BCUT2D eigenvalue weighted by molar-refractivity contribution is -0.114. The molecule has 0 aliphatic carbocycles. The number of nitrogens with zero attached hydrogens (tertiary/aromatic N) is 1. The van der Waals surface area contributed by atoms with Crippen LogP contribution in [0.25, 0.3) is 0 Å². The maximum Gasteiger partial charge on any atom is 0.253 e. The molecule has 0 saturated heterocycles. The normalized spacial score (nSPS) is 10.1. The van der Waals surface area contributed by atoms with Gasteiger partial charge in [-0.05, 0) is 50.2 Å². The van der Waals surface area contributed by atoms with E-state index < -0.39 is 0 Å². The number of anilines is 2. The van der Waals surface area contributed by atoms with Crippen molar-refractivity contribution in [3.63, 3.8) is 0 Å². The maximum absolute atomic E-state index is 12.3. The highest BCUT2D eigenvalue weighted by Crippen LogP contribution is 2.29. The lowest BCUT2D eigenvalue weighted by Gasteiger charge is -2.14. The standard InChI is InChI=1S/C21H27N3O4/c1-5-27-17-11-12-19(28-6-2)18(13-17)23-20(25)14-22-16-9-7-15(8-10-16)21(26)24(3)4/h7-13,22H,5-6,14H2,1-4H3,(H,23,25). The van der Waals surface area contributed by atoms with Crippen molar-refractivity contribution in [2.75, 3.05) is 44.5 Å². The Morgan fingerprint density at radius 2 is 1.64 bits per heavy atom. The zero-order chi connectivity index (χ0) is 20.5. The van der Waals surface area contributed by atoms with Crippen molar-refractivity contribution in [3.05, 3.63) is 48.0 Å². The van der Waals surface area contributed by atoms with Gasteiger partial charge in [0.25, 0.3) is 5.91 Å². The first-order valence-corrected chi connectivity index (χ1v) is 9.19. The van der Waals surface area contributed by atoms with Crippen LogP contribution in [-0.2, 0) is 4.79 Å². The Morgan fingerprint density at radius 1 is 0.964 bits per heavy atom. The summed E-state index contributed by atoms with van der Waals surface area (Å²) in [5.74, 6) is 0.964. The van der Waals surface area contributed by atoms with E-state index in [9.17, 15) is 9.59 Å². The molecule has 0 fully saturated rings. The Hall–Kier alpha value is -3.22. The van der Waals surface area contributed by atoms with Crippen molar-refractivity contribution in [1.29, 1.82) is 0 Å². The van der Waals surface area contributed by atoms with E-state index in [0.717, 1.165) is 5.69 Å². The van der Waals surface area contributed by atoms with Crippen molar-refractivity contribution in [2.45, 2.75) is 13.8 Å². The Balaban J connectivity index is 1.98. The van der Waals surface area contributed by atoms with Crippen molar-refractivity contribution >= 4 is 23.2 Å². The summed E-state index contributed by atoms with van der Waals surface area (Å²) >= 11 is 0. The smallest absolute Gasteiger partial charge is 0.253 e. The molecular weight excluding hydrogens is 358 g/mol. The van der Waals surface area contributed by atoms with Gasteiger partial charge < -0.3 is 25.0 Å². The Morgan fingerprint density at radius 3 is 2.25 bits per heavy atom. The van der Waals surface area contributed by atoms with E-state index in [1.165, 1.54) is 4.90 Å². The van der Waals surface area contributed by atoms with E-state index in [0.29, 0.717) is 36.0 Å². The number of hydrogen-bond acceptors (Lipinski definition) is 5. The van der Waals surface area contributed by atoms with Crippen molar-refractivity contribution < 1.29 is 19.1 Å². The first-order chi connectivity index (χ1) is 13.4. The highest BCUT2D eigenvalue weighted by molar-refractivity contribution is 5.96. The molecular formula is C21H27N3O4. The molecule has 2 aromatic carbocycles. The number of hydrogen-bond donors (Lipinski definition) is 2. The summed E-state index contributed by atoms with van der Waals surface area (Å²) < 4.78 is 11.0. The van der Waals surface area contributed by atoms with Gasteiger partial charge in [0.1, 0.15) is 11.5 Å². The number of amides is 2. The van der Waals surface area contributed by atoms with Crippen LogP contribution in [0.15, 0.2) is 42.5 Å². The van der Waals surface area contributed by atoms with Crippen LogP contribution in [0.2, 0.25) is 0 Å². The summed E-state index contributed by atoms with van der Waals surface area (Å²) in [6.07, 6.45) is 0. The second kappa shape index (κ2) is 10.2. The summed E-state index contributed by atoms with van der Waals surface area (Å²) in [7, 11) is 3.41. The molecule has 28 heavy (non-hydrogen) atoms. The molecule has 2 aromatic rings. The molecule has 0 heterocycles. The zero-order valence-corrected chi connectivity index (χ0v) is 16.7. The number of benzene rings is 2. The minimum Gasteiger partial charge on any atom is -0.494 e. The number of carbonyl (C=O) groups excluding carboxylic acids is 2. The summed E-state index contributed by atoms with van der Waals surface area (Å²) in [6.45, 7) is 4.89. The summed E-state index contributed by atoms with van der Waals surface area (Å²) in [6, 6.07) is 12.3. The molecule has 0 aromatic heterocycles. The zero-order valence-electron chi connectivity index (χ0n) is 16.7. The SMILES string of the molecule is CCOc1ccc(OCC)c(NC(=O)CNc2ccc(C(=O)N(C)C)cc2)c1. The largest absolute Gasteiger partial charge is 0.494 e. The van der Waals surface area contributed by atoms with Crippen LogP contribution in [0, 0.1) is 0 Å². The maximum atomic E-state index is 12.3. The summed E-state index contributed by atoms with van der Waals surface area (Å²) in [5.41, 5.74) is 1.90. The quantitative estimate of drug-likeness (QED) is 0.693. The van der Waals surface area contributed by atoms with E-state index in [2.05, 4.69) is 10.6 Å². The predicted octanol–water partition coefficient (Wildman–Crippen LogP) is 3.24. The molecule has 0 aliphatic heterocycles. The van der Waals surface area contributed by atoms with Gasteiger partial charge >= 0.3 is 0 Å². The number of ether oxygens (including phenoxy) is 2. The summed E-state index contributed by atoms with van der Waals surface area (Å²) in [4.78, 5) is 25.8. The van der Waals surface area contributed by atoms with Gasteiger partial charge in [0, 0.05) is 31.4 Å². The fraction of sp³-hybridized carbons (Fsp3) is 0.333. The van der Waals surface area contributed by atoms with E-state index in [1.807, 2.05) is 13.8 Å². The number of carbonyl (C=O) groups is 2. The van der Waals surface area contributed by atoms with Gasteiger partial charge in [-0.2, -0.15) is 0 Å². The predicted molar refractivity (Wildman–Crippen MR) is 110 cm³/mol. The van der Waals surface area contributed by atoms with Crippen LogP contribution in [-0.4, -0.2) is 50.6 Å². The molecule has 2 rings (SSSR count). The first kappa shape index (κ1) is 21.1. The minimum atomic E-state index is -0.219. The molecule has 0 aliphatic rings. The lowest BCUT2D eigenvalue weighted by Crippen LogP contribution is -2.23. The van der Waals surface area contributed by atoms with Gasteiger partial charge in [-0.25, -0.2) is 0 Å². The van der Waals surface area contributed by atoms with Gasteiger partial charge in [-0.3, -0.25) is 9.59 Å². The van der Waals surface area contributed by atoms with Crippen molar-refractivity contribution in [1.82, 2.24) is 4.90 Å². The van der Waals surface area contributed by atoms with Gasteiger partial charge in [0.2, 0.25) is 5.91 Å². The average molecular weight is 385 g/mol. The topological polar surface area (TPSA) is 79.9 Å². The van der Waals surface area contributed by atoms with Crippen LogP contribution >= 0.6 is 0 Å². The van der Waals surface area contributed by atoms with E-state index in [4.69, 9.17) is 9.47 Å². The molecule has 0 bridgehead atoms. The third-order valence-electron chi connectivity index (χ3n) is 3.83. The first-order valence-electron chi connectivity index (χ1n) is 9.19. The molecule has 0 unspecified atom stereocenters. The Bertz CT molecular complexity index is 804. The van der Waals surface area contributed by atoms with Gasteiger partial charge in [-0.1, -0.05) is 0 Å². The second-order valence-electron chi connectivity index (χ2n) is 6.20. The molecule has 7 nitrogen and oxygen atoms in total. The van der Waals surface area contributed by atoms with Crippen molar-refractivity contribution in [3.8, 4) is 11.5 Å². The Kier molecular flexibility index (Phi) is 7.68. The monoisotopic (exact) mass is 385 g/mol. The van der Waals surface area contributed by atoms with E-state index in [1.54, 1.807) is 56.6 Å². The van der Waals surface area contributed by atoms with Crippen LogP contribution in [0.5, 0.6) is 11.5 Å². The molecule has 2 N–H and O–H groups in total. The number of rotatable bonds is 9. The second-order valence-corrected chi connectivity index (χ2v) is 6.20. The fourth-order valence-electron chi connectivity index (χ4n) is 2.51. The highest BCUT2D eigenvalue weighted by atomic mass is 16.5. The number of nitrogens with one attached hydrogen (secondary N) is 2. The molecule has 0 saturated carbocycles. The molecule has 0 radical (unpaired) electrons. The highest BCUT2D eigenvalue weighted by Gasteiger charge is 2.11. The average Bonchev–Trinajstić information content (AvgIpc) is 2.68. The third kappa shape index (κ3) is 5.90. The lowest BCUT2D eigenvalue weighted by atomic mass is 10.2. The van der Waals surface area contributed by atoms with Crippen LogP contribution < -0.4 is 20.1 Å². The molecule has 0 atom stereocenters. The molecule has 2 amide bonds. The van der Waals surface area contributed by atoms with Gasteiger partial charge in [0.15, 0.2) is 0 Å². The fourth-order valence-corrected chi connectivity index (χ4v) is 2.51. The molecule has 0 spiro atoms. The molecule has 150 valence electrons. The van der Waals surface area contributed by atoms with Gasteiger partial charge in [0.05, 0.1) is 25.4 Å². The Labute approximate surface area is 165 Å². The molecule has 7 heteroatoms.